The lowest BCUT2D eigenvalue weighted by Gasteiger charge is -2.15. The van der Waals surface area contributed by atoms with Gasteiger partial charge in [0.05, 0.1) is 22.7 Å². The van der Waals surface area contributed by atoms with Crippen LogP contribution in [0.5, 0.6) is 0 Å². The fraction of sp³-hybridized carbons (Fsp3) is 0.250. The highest BCUT2D eigenvalue weighted by Gasteiger charge is 2.14. The van der Waals surface area contributed by atoms with Crippen molar-refractivity contribution in [1.29, 1.82) is 0 Å². The minimum atomic E-state index is -0.312. The number of fused-ring (bicyclic) bond motifs is 1. The van der Waals surface area contributed by atoms with Crippen LogP contribution in [0, 0.1) is 5.82 Å². The van der Waals surface area contributed by atoms with Gasteiger partial charge in [0.15, 0.2) is 5.16 Å². The Balaban J connectivity index is 1.71. The van der Waals surface area contributed by atoms with Crippen molar-refractivity contribution in [3.63, 3.8) is 0 Å². The molecule has 0 aliphatic heterocycles. The summed E-state index contributed by atoms with van der Waals surface area (Å²) < 4.78 is 14.6. The molecule has 140 valence electrons. The van der Waals surface area contributed by atoms with Crippen LogP contribution in [0.15, 0.2) is 58.5 Å². The zero-order valence-electron chi connectivity index (χ0n) is 15.1. The Hall–Kier alpha value is -2.67. The molecule has 0 aliphatic rings. The molecule has 3 aromatic rings. The topological polar surface area (TPSA) is 64.0 Å². The molecule has 27 heavy (non-hydrogen) atoms. The fourth-order valence-corrected chi connectivity index (χ4v) is 3.66. The molecule has 3 rings (SSSR count). The minimum absolute atomic E-state index is 0.106. The summed E-state index contributed by atoms with van der Waals surface area (Å²) >= 11 is 1.23. The van der Waals surface area contributed by atoms with Crippen LogP contribution < -0.4 is 10.9 Å². The number of hydrogen-bond donors (Lipinski definition) is 1. The lowest BCUT2D eigenvalue weighted by Crippen LogP contribution is -2.29. The van der Waals surface area contributed by atoms with Gasteiger partial charge in [-0.3, -0.25) is 14.2 Å². The summed E-state index contributed by atoms with van der Waals surface area (Å²) in [5, 5.41) is 3.96. The number of carbonyl (C=O) groups is 1. The molecule has 0 spiro atoms. The highest BCUT2D eigenvalue weighted by Crippen LogP contribution is 2.18. The summed E-state index contributed by atoms with van der Waals surface area (Å²) in [6.45, 7) is 4.19. The zero-order chi connectivity index (χ0) is 19.4. The van der Waals surface area contributed by atoms with Gasteiger partial charge in [0.2, 0.25) is 5.91 Å². The summed E-state index contributed by atoms with van der Waals surface area (Å²) in [4.78, 5) is 29.4. The van der Waals surface area contributed by atoms with E-state index in [0.717, 1.165) is 5.56 Å². The van der Waals surface area contributed by atoms with Gasteiger partial charge in [-0.25, -0.2) is 9.37 Å². The number of benzene rings is 2. The Morgan fingerprint density at radius 1 is 1.22 bits per heavy atom. The van der Waals surface area contributed by atoms with Gasteiger partial charge < -0.3 is 5.32 Å². The molecule has 0 fully saturated rings. The third-order valence-electron chi connectivity index (χ3n) is 4.22. The van der Waals surface area contributed by atoms with Gasteiger partial charge in [-0.1, -0.05) is 36.0 Å². The van der Waals surface area contributed by atoms with Crippen LogP contribution in [0.1, 0.15) is 25.5 Å². The molecule has 1 amide bonds. The number of para-hydroxylation sites is 1. The van der Waals surface area contributed by atoms with Crippen molar-refractivity contribution in [3.8, 4) is 0 Å². The van der Waals surface area contributed by atoms with E-state index in [0.29, 0.717) is 22.6 Å². The molecule has 7 heteroatoms. The second-order valence-electron chi connectivity index (χ2n) is 6.09. The van der Waals surface area contributed by atoms with E-state index in [2.05, 4.69) is 10.3 Å². The molecule has 0 bridgehead atoms. The molecule has 1 atom stereocenters. The molecule has 1 unspecified atom stereocenters. The van der Waals surface area contributed by atoms with E-state index < -0.39 is 0 Å². The normalized spacial score (nSPS) is 12.1. The summed E-state index contributed by atoms with van der Waals surface area (Å²) in [6.07, 6.45) is 0. The van der Waals surface area contributed by atoms with Crippen LogP contribution in [-0.2, 0) is 11.3 Å². The van der Waals surface area contributed by atoms with E-state index in [1.165, 1.54) is 23.9 Å². The summed E-state index contributed by atoms with van der Waals surface area (Å²) in [6, 6.07) is 13.0. The van der Waals surface area contributed by atoms with Crippen LogP contribution in [0.3, 0.4) is 0 Å². The predicted molar refractivity (Wildman–Crippen MR) is 105 cm³/mol. The number of rotatable bonds is 6. The van der Waals surface area contributed by atoms with Gasteiger partial charge in [-0.15, -0.1) is 0 Å². The van der Waals surface area contributed by atoms with Crippen molar-refractivity contribution in [2.45, 2.75) is 31.6 Å². The average Bonchev–Trinajstić information content (AvgIpc) is 2.67. The van der Waals surface area contributed by atoms with Crippen LogP contribution in [0.25, 0.3) is 10.9 Å². The maximum Gasteiger partial charge on any atom is 0.262 e. The maximum atomic E-state index is 13.0. The van der Waals surface area contributed by atoms with Crippen molar-refractivity contribution >= 4 is 28.6 Å². The molecule has 0 saturated heterocycles. The molecule has 0 saturated carbocycles. The summed E-state index contributed by atoms with van der Waals surface area (Å²) in [5.41, 5.74) is 1.34. The molecular formula is C20H20FN3O2S. The fourth-order valence-electron chi connectivity index (χ4n) is 2.78. The molecule has 5 nitrogen and oxygen atoms in total. The number of amides is 1. The Morgan fingerprint density at radius 3 is 2.63 bits per heavy atom. The van der Waals surface area contributed by atoms with Crippen LogP contribution >= 0.6 is 11.8 Å². The van der Waals surface area contributed by atoms with E-state index in [-0.39, 0.29) is 29.1 Å². The quantitative estimate of drug-likeness (QED) is 0.521. The van der Waals surface area contributed by atoms with Crippen LogP contribution in [0.4, 0.5) is 4.39 Å². The molecular weight excluding hydrogens is 365 g/mol. The number of aromatic nitrogens is 2. The first-order valence-electron chi connectivity index (χ1n) is 8.66. The third kappa shape index (κ3) is 4.36. The summed E-state index contributed by atoms with van der Waals surface area (Å²) in [7, 11) is 0. The highest BCUT2D eigenvalue weighted by molar-refractivity contribution is 7.99. The van der Waals surface area contributed by atoms with Gasteiger partial charge >= 0.3 is 0 Å². The van der Waals surface area contributed by atoms with E-state index in [9.17, 15) is 14.0 Å². The standard InChI is InChI=1S/C20H20FN3O2S/c1-3-24-19(26)16-6-4-5-7-17(16)23-20(24)27-12-18(25)22-13(2)14-8-10-15(21)11-9-14/h4-11,13H,3,12H2,1-2H3,(H,22,25). The second-order valence-corrected chi connectivity index (χ2v) is 7.03. The van der Waals surface area contributed by atoms with E-state index in [1.807, 2.05) is 26.0 Å². The third-order valence-corrected chi connectivity index (χ3v) is 5.20. The van der Waals surface area contributed by atoms with E-state index in [1.54, 1.807) is 28.8 Å². The van der Waals surface area contributed by atoms with Crippen molar-refractivity contribution in [3.05, 3.63) is 70.3 Å². The van der Waals surface area contributed by atoms with Crippen molar-refractivity contribution in [2.75, 3.05) is 5.75 Å². The smallest absolute Gasteiger partial charge is 0.262 e. The minimum Gasteiger partial charge on any atom is -0.349 e. The van der Waals surface area contributed by atoms with Crippen LogP contribution in [-0.4, -0.2) is 21.2 Å². The van der Waals surface area contributed by atoms with Crippen molar-refractivity contribution < 1.29 is 9.18 Å². The molecule has 0 aliphatic carbocycles. The first-order chi connectivity index (χ1) is 13.0. The van der Waals surface area contributed by atoms with Crippen LogP contribution in [0.2, 0.25) is 0 Å². The van der Waals surface area contributed by atoms with Gasteiger partial charge in [-0.05, 0) is 43.7 Å². The lowest BCUT2D eigenvalue weighted by atomic mass is 10.1. The second kappa shape index (κ2) is 8.35. The molecule has 1 aromatic heterocycles. The van der Waals surface area contributed by atoms with Crippen molar-refractivity contribution in [2.24, 2.45) is 0 Å². The maximum absolute atomic E-state index is 13.0. The number of halogens is 1. The Labute approximate surface area is 160 Å². The van der Waals surface area contributed by atoms with Gasteiger partial charge in [-0.2, -0.15) is 0 Å². The van der Waals surface area contributed by atoms with Gasteiger partial charge in [0, 0.05) is 6.54 Å². The zero-order valence-corrected chi connectivity index (χ0v) is 15.9. The summed E-state index contributed by atoms with van der Waals surface area (Å²) in [5.74, 6) is -0.356. The van der Waals surface area contributed by atoms with Crippen molar-refractivity contribution in [1.82, 2.24) is 14.9 Å². The first-order valence-corrected chi connectivity index (χ1v) is 9.65. The molecule has 0 radical (unpaired) electrons. The van der Waals surface area contributed by atoms with E-state index in [4.69, 9.17) is 0 Å². The number of hydrogen-bond acceptors (Lipinski definition) is 4. The van der Waals surface area contributed by atoms with Gasteiger partial charge in [0.25, 0.3) is 5.56 Å². The molecule has 2 aromatic carbocycles. The number of thioether (sulfide) groups is 1. The SMILES string of the molecule is CCn1c(SCC(=O)NC(C)c2ccc(F)cc2)nc2ccccc2c1=O. The predicted octanol–water partition coefficient (Wildman–Crippen LogP) is 3.53. The number of nitrogens with zero attached hydrogens (tertiary/aromatic N) is 2. The highest BCUT2D eigenvalue weighted by atomic mass is 32.2. The number of nitrogens with one attached hydrogen (secondary N) is 1. The lowest BCUT2D eigenvalue weighted by molar-refractivity contribution is -0.119. The average molecular weight is 385 g/mol. The first kappa shape index (κ1) is 19.1. The molecule has 1 heterocycles. The van der Waals surface area contributed by atoms with Gasteiger partial charge in [0.1, 0.15) is 5.82 Å². The Kier molecular flexibility index (Phi) is 5.91. The monoisotopic (exact) mass is 385 g/mol. The van der Waals surface area contributed by atoms with E-state index >= 15 is 0 Å². The number of carbonyl (C=O) groups excluding carboxylic acids is 1. The largest absolute Gasteiger partial charge is 0.349 e. The Morgan fingerprint density at radius 2 is 1.93 bits per heavy atom. The molecule has 1 N–H and O–H groups in total. The Bertz CT molecular complexity index is 1020.